The van der Waals surface area contributed by atoms with Crippen molar-refractivity contribution in [3.63, 3.8) is 0 Å². The van der Waals surface area contributed by atoms with Crippen molar-refractivity contribution in [2.24, 2.45) is 5.92 Å². The van der Waals surface area contributed by atoms with Crippen LogP contribution in [0, 0.1) is 5.92 Å². The van der Waals surface area contributed by atoms with E-state index in [1.807, 2.05) is 6.92 Å². The average Bonchev–Trinajstić information content (AvgIpc) is 2.68. The van der Waals surface area contributed by atoms with E-state index in [0.29, 0.717) is 38.5 Å². The maximum atomic E-state index is 12.8. The van der Waals surface area contributed by atoms with Crippen LogP contribution in [0.2, 0.25) is 0 Å². The predicted octanol–water partition coefficient (Wildman–Crippen LogP) is 0.570. The number of amides is 1. The minimum Gasteiger partial charge on any atom is -0.343 e. The van der Waals surface area contributed by atoms with E-state index < -0.39 is 20.0 Å². The standard InChI is InChI=1S/C17H25N3O5S2/c1-15-3-2-8-20(13-15)27(24,25)17-6-4-16(5-7-17)26(22,23)19-11-9-18(14-21)10-12-19/h4-7,14-15H,2-3,8-13H2,1H3/t15-/m0/s1. The number of hydrogen-bond donors (Lipinski definition) is 0. The minimum absolute atomic E-state index is 0.0630. The highest BCUT2D eigenvalue weighted by Gasteiger charge is 2.31. The summed E-state index contributed by atoms with van der Waals surface area (Å²) >= 11 is 0. The fourth-order valence-corrected chi connectivity index (χ4v) is 6.52. The Morgan fingerprint density at radius 3 is 1.85 bits per heavy atom. The number of piperidine rings is 1. The predicted molar refractivity (Wildman–Crippen MR) is 100.0 cm³/mol. The highest BCUT2D eigenvalue weighted by atomic mass is 32.2. The van der Waals surface area contributed by atoms with Gasteiger partial charge in [-0.05, 0) is 43.0 Å². The molecule has 2 saturated heterocycles. The van der Waals surface area contributed by atoms with Crippen LogP contribution in [-0.4, -0.2) is 76.0 Å². The third kappa shape index (κ3) is 4.18. The summed E-state index contributed by atoms with van der Waals surface area (Å²) in [5, 5.41) is 0. The van der Waals surface area contributed by atoms with Gasteiger partial charge in [-0.15, -0.1) is 0 Å². The van der Waals surface area contributed by atoms with Gasteiger partial charge in [0.05, 0.1) is 9.79 Å². The second kappa shape index (κ2) is 7.86. The third-order valence-electron chi connectivity index (χ3n) is 5.14. The summed E-state index contributed by atoms with van der Waals surface area (Å²) < 4.78 is 53.9. The van der Waals surface area contributed by atoms with E-state index in [4.69, 9.17) is 0 Å². The molecule has 0 spiro atoms. The molecule has 1 atom stereocenters. The topological polar surface area (TPSA) is 95.1 Å². The van der Waals surface area contributed by atoms with Gasteiger partial charge in [-0.2, -0.15) is 8.61 Å². The van der Waals surface area contributed by atoms with E-state index in [0.717, 1.165) is 12.8 Å². The van der Waals surface area contributed by atoms with E-state index >= 15 is 0 Å². The Balaban J connectivity index is 1.77. The lowest BCUT2D eigenvalue weighted by Gasteiger charge is -2.32. The molecule has 0 saturated carbocycles. The smallest absolute Gasteiger partial charge is 0.243 e. The molecule has 0 bridgehead atoms. The number of carbonyl (C=O) groups is 1. The molecule has 10 heteroatoms. The lowest BCUT2D eigenvalue weighted by molar-refractivity contribution is -0.119. The van der Waals surface area contributed by atoms with Gasteiger partial charge >= 0.3 is 0 Å². The molecule has 2 heterocycles. The molecule has 0 N–H and O–H groups in total. The molecule has 2 aliphatic rings. The van der Waals surface area contributed by atoms with Crippen LogP contribution in [0.25, 0.3) is 0 Å². The Kier molecular flexibility index (Phi) is 5.90. The van der Waals surface area contributed by atoms with Crippen molar-refractivity contribution in [1.82, 2.24) is 13.5 Å². The van der Waals surface area contributed by atoms with Crippen LogP contribution in [0.4, 0.5) is 0 Å². The molecule has 150 valence electrons. The SMILES string of the molecule is C[C@H]1CCCN(S(=O)(=O)c2ccc(S(=O)(=O)N3CCN(C=O)CC3)cc2)C1. The second-order valence-corrected chi connectivity index (χ2v) is 11.0. The van der Waals surface area contributed by atoms with Crippen LogP contribution in [0.1, 0.15) is 19.8 Å². The Bertz CT molecular complexity index is 876. The zero-order valence-corrected chi connectivity index (χ0v) is 17.0. The monoisotopic (exact) mass is 415 g/mol. The quantitative estimate of drug-likeness (QED) is 0.655. The van der Waals surface area contributed by atoms with Gasteiger partial charge in [0.1, 0.15) is 0 Å². The number of benzene rings is 1. The second-order valence-electron chi connectivity index (χ2n) is 7.13. The van der Waals surface area contributed by atoms with Gasteiger partial charge in [-0.3, -0.25) is 4.79 Å². The van der Waals surface area contributed by atoms with E-state index in [-0.39, 0.29) is 22.9 Å². The number of nitrogens with zero attached hydrogens (tertiary/aromatic N) is 3. The highest BCUT2D eigenvalue weighted by molar-refractivity contribution is 7.89. The van der Waals surface area contributed by atoms with Gasteiger partial charge in [0.25, 0.3) is 0 Å². The zero-order valence-electron chi connectivity index (χ0n) is 15.3. The molecule has 0 aliphatic carbocycles. The first kappa shape index (κ1) is 20.2. The minimum atomic E-state index is -3.71. The number of piperazine rings is 1. The number of sulfonamides is 2. The third-order valence-corrected chi connectivity index (χ3v) is 8.93. The molecule has 0 unspecified atom stereocenters. The summed E-state index contributed by atoms with van der Waals surface area (Å²) in [6, 6.07) is 5.43. The van der Waals surface area contributed by atoms with Crippen LogP contribution < -0.4 is 0 Å². The molecule has 8 nitrogen and oxygen atoms in total. The van der Waals surface area contributed by atoms with Crippen LogP contribution in [0.3, 0.4) is 0 Å². The molecule has 1 amide bonds. The van der Waals surface area contributed by atoms with Crippen LogP contribution in [0.5, 0.6) is 0 Å². The average molecular weight is 416 g/mol. The summed E-state index contributed by atoms with van der Waals surface area (Å²) in [7, 11) is -7.32. The van der Waals surface area contributed by atoms with E-state index in [1.165, 1.54) is 37.8 Å². The van der Waals surface area contributed by atoms with Crippen molar-refractivity contribution >= 4 is 26.5 Å². The van der Waals surface area contributed by atoms with Crippen molar-refractivity contribution in [2.45, 2.75) is 29.6 Å². The summed E-state index contributed by atoms with van der Waals surface area (Å²) in [4.78, 5) is 12.5. The first-order chi connectivity index (χ1) is 12.7. The normalized spacial score (nSPS) is 23.3. The van der Waals surface area contributed by atoms with Crippen molar-refractivity contribution in [1.29, 1.82) is 0 Å². The van der Waals surface area contributed by atoms with Gasteiger partial charge in [0.15, 0.2) is 0 Å². The van der Waals surface area contributed by atoms with E-state index in [2.05, 4.69) is 0 Å². The summed E-state index contributed by atoms with van der Waals surface area (Å²) in [5.41, 5.74) is 0. The largest absolute Gasteiger partial charge is 0.343 e. The maximum absolute atomic E-state index is 12.8. The summed E-state index contributed by atoms with van der Waals surface area (Å²) in [5.74, 6) is 0.318. The van der Waals surface area contributed by atoms with Crippen LogP contribution >= 0.6 is 0 Å². The lowest BCUT2D eigenvalue weighted by atomic mass is 10.0. The molecule has 1 aromatic rings. The summed E-state index contributed by atoms with van der Waals surface area (Å²) in [6.07, 6.45) is 2.56. The van der Waals surface area contributed by atoms with Gasteiger partial charge in [0.2, 0.25) is 26.5 Å². The molecular formula is C17H25N3O5S2. The van der Waals surface area contributed by atoms with Crippen molar-refractivity contribution in [3.8, 4) is 0 Å². The Morgan fingerprint density at radius 1 is 0.852 bits per heavy atom. The first-order valence-electron chi connectivity index (χ1n) is 9.05. The number of hydrogen-bond acceptors (Lipinski definition) is 5. The van der Waals surface area contributed by atoms with E-state index in [9.17, 15) is 21.6 Å². The Morgan fingerprint density at radius 2 is 1.37 bits per heavy atom. The van der Waals surface area contributed by atoms with Gasteiger partial charge in [0, 0.05) is 39.3 Å². The fourth-order valence-electron chi connectivity index (χ4n) is 3.50. The Hall–Kier alpha value is -1.49. The molecule has 0 radical (unpaired) electrons. The zero-order chi connectivity index (χ0) is 19.7. The van der Waals surface area contributed by atoms with Crippen molar-refractivity contribution in [2.75, 3.05) is 39.3 Å². The molecule has 1 aromatic carbocycles. The molecule has 27 heavy (non-hydrogen) atoms. The molecular weight excluding hydrogens is 390 g/mol. The molecule has 0 aromatic heterocycles. The van der Waals surface area contributed by atoms with Gasteiger partial charge in [-0.25, -0.2) is 16.8 Å². The maximum Gasteiger partial charge on any atom is 0.243 e. The summed E-state index contributed by atoms with van der Waals surface area (Å²) in [6.45, 7) is 4.17. The van der Waals surface area contributed by atoms with Crippen molar-refractivity contribution < 1.29 is 21.6 Å². The van der Waals surface area contributed by atoms with Crippen LogP contribution in [-0.2, 0) is 24.8 Å². The van der Waals surface area contributed by atoms with Gasteiger partial charge < -0.3 is 4.90 Å². The first-order valence-corrected chi connectivity index (χ1v) is 11.9. The number of carbonyl (C=O) groups excluding carboxylic acids is 1. The highest BCUT2D eigenvalue weighted by Crippen LogP contribution is 2.25. The molecule has 2 fully saturated rings. The number of rotatable bonds is 5. The van der Waals surface area contributed by atoms with Crippen molar-refractivity contribution in [3.05, 3.63) is 24.3 Å². The fraction of sp³-hybridized carbons (Fsp3) is 0.588. The molecule has 2 aliphatic heterocycles. The van der Waals surface area contributed by atoms with Crippen LogP contribution in [0.15, 0.2) is 34.1 Å². The van der Waals surface area contributed by atoms with Gasteiger partial charge in [-0.1, -0.05) is 6.92 Å². The lowest BCUT2D eigenvalue weighted by Crippen LogP contribution is -2.47. The Labute approximate surface area is 160 Å². The molecule has 3 rings (SSSR count). The van der Waals surface area contributed by atoms with E-state index in [1.54, 1.807) is 0 Å².